The Kier molecular flexibility index (Phi) is 8.69. The van der Waals surface area contributed by atoms with Crippen LogP contribution in [0, 0.1) is 6.92 Å². The highest BCUT2D eigenvalue weighted by Gasteiger charge is 2.11. The van der Waals surface area contributed by atoms with E-state index in [4.69, 9.17) is 4.74 Å². The van der Waals surface area contributed by atoms with Crippen molar-refractivity contribution < 1.29 is 14.3 Å². The molecule has 0 bridgehead atoms. The number of carbonyl (C=O) groups is 2. The molecule has 166 valence electrons. The fourth-order valence-electron chi connectivity index (χ4n) is 3.03. The minimum atomic E-state index is -0.142. The lowest BCUT2D eigenvalue weighted by atomic mass is 10.1. The summed E-state index contributed by atoms with van der Waals surface area (Å²) in [6.07, 6.45) is 3.50. The summed E-state index contributed by atoms with van der Waals surface area (Å²) in [7, 11) is 0. The Hall–Kier alpha value is -3.32. The highest BCUT2D eigenvalue weighted by atomic mass is 32.2. The van der Waals surface area contributed by atoms with Gasteiger partial charge in [0.25, 0.3) is 0 Å². The highest BCUT2D eigenvalue weighted by Crippen LogP contribution is 2.19. The predicted molar refractivity (Wildman–Crippen MR) is 129 cm³/mol. The zero-order chi connectivity index (χ0) is 22.8. The van der Waals surface area contributed by atoms with E-state index >= 15 is 0 Å². The van der Waals surface area contributed by atoms with Crippen molar-refractivity contribution in [3.63, 3.8) is 0 Å². The van der Waals surface area contributed by atoms with Crippen molar-refractivity contribution in [1.82, 2.24) is 10.3 Å². The van der Waals surface area contributed by atoms with E-state index in [1.165, 1.54) is 11.8 Å². The normalized spacial score (nSPS) is 11.4. The van der Waals surface area contributed by atoms with Gasteiger partial charge in [-0.25, -0.2) is 0 Å². The summed E-state index contributed by atoms with van der Waals surface area (Å²) in [6, 6.07) is 19.0. The van der Waals surface area contributed by atoms with Gasteiger partial charge in [-0.05, 0) is 55.3 Å². The van der Waals surface area contributed by atoms with Crippen molar-refractivity contribution in [2.75, 3.05) is 16.8 Å². The number of aromatic nitrogens is 1. The van der Waals surface area contributed by atoms with Crippen molar-refractivity contribution in [2.45, 2.75) is 26.5 Å². The molecule has 3 rings (SSSR count). The van der Waals surface area contributed by atoms with Gasteiger partial charge >= 0.3 is 0 Å². The number of hydrogen-bond acceptors (Lipinski definition) is 5. The second-order valence-corrected chi connectivity index (χ2v) is 8.40. The molecule has 2 N–H and O–H groups in total. The molecule has 32 heavy (non-hydrogen) atoms. The molecule has 0 radical (unpaired) electrons. The van der Waals surface area contributed by atoms with Gasteiger partial charge in [0, 0.05) is 23.6 Å². The summed E-state index contributed by atoms with van der Waals surface area (Å²) in [5, 5.41) is 5.81. The molecule has 0 aliphatic heterocycles. The lowest BCUT2D eigenvalue weighted by Crippen LogP contribution is -2.28. The molecular formula is C25H27N3O3S. The van der Waals surface area contributed by atoms with Crippen LogP contribution in [0.4, 0.5) is 5.69 Å². The average Bonchev–Trinajstić information content (AvgIpc) is 2.78. The lowest BCUT2D eigenvalue weighted by Gasteiger charge is -2.15. The molecule has 0 aliphatic carbocycles. The molecule has 1 unspecified atom stereocenters. The smallest absolute Gasteiger partial charge is 0.234 e. The topological polar surface area (TPSA) is 80.3 Å². The summed E-state index contributed by atoms with van der Waals surface area (Å²) in [5.74, 6) is 0.966. The average molecular weight is 450 g/mol. The Morgan fingerprint density at radius 3 is 2.53 bits per heavy atom. The first-order chi connectivity index (χ1) is 15.5. The number of benzene rings is 2. The predicted octanol–water partition coefficient (Wildman–Crippen LogP) is 4.52. The second kappa shape index (κ2) is 11.9. The van der Waals surface area contributed by atoms with Gasteiger partial charge in [-0.2, -0.15) is 0 Å². The number of nitrogens with one attached hydrogen (secondary N) is 2. The zero-order valence-electron chi connectivity index (χ0n) is 18.2. The summed E-state index contributed by atoms with van der Waals surface area (Å²) in [5.41, 5.74) is 3.83. The van der Waals surface area contributed by atoms with Crippen LogP contribution in [0.2, 0.25) is 0 Å². The number of carbonyl (C=O) groups excluding carboxylic acids is 2. The van der Waals surface area contributed by atoms with Gasteiger partial charge in [0.05, 0.1) is 17.5 Å². The number of anilines is 1. The second-order valence-electron chi connectivity index (χ2n) is 7.42. The van der Waals surface area contributed by atoms with E-state index in [1.807, 2.05) is 74.5 Å². The molecule has 0 fully saturated rings. The summed E-state index contributed by atoms with van der Waals surface area (Å²) >= 11 is 1.29. The number of rotatable bonds is 10. The van der Waals surface area contributed by atoms with Crippen LogP contribution in [0.3, 0.4) is 0 Å². The SMILES string of the molecule is Cc1cccc(NC(=O)CSCC(=O)NC(C)c2ccc(OCc3cccnc3)cc2)c1. The maximum atomic E-state index is 12.2. The Bertz CT molecular complexity index is 1030. The maximum absolute atomic E-state index is 12.2. The van der Waals surface area contributed by atoms with Crippen molar-refractivity contribution in [3.05, 3.63) is 89.7 Å². The van der Waals surface area contributed by atoms with Crippen LogP contribution in [-0.4, -0.2) is 28.3 Å². The highest BCUT2D eigenvalue weighted by molar-refractivity contribution is 8.00. The van der Waals surface area contributed by atoms with Gasteiger partial charge in [-0.1, -0.05) is 30.3 Å². The summed E-state index contributed by atoms with van der Waals surface area (Å²) in [6.45, 7) is 4.35. The molecule has 0 saturated carbocycles. The van der Waals surface area contributed by atoms with Gasteiger partial charge in [-0.15, -0.1) is 11.8 Å². The first kappa shape index (κ1) is 23.3. The molecule has 3 aromatic rings. The third kappa shape index (κ3) is 7.74. The van der Waals surface area contributed by atoms with E-state index in [0.29, 0.717) is 6.61 Å². The van der Waals surface area contributed by atoms with Gasteiger partial charge in [-0.3, -0.25) is 14.6 Å². The van der Waals surface area contributed by atoms with Gasteiger partial charge in [0.1, 0.15) is 12.4 Å². The van der Waals surface area contributed by atoms with E-state index in [9.17, 15) is 9.59 Å². The van der Waals surface area contributed by atoms with E-state index < -0.39 is 0 Å². The van der Waals surface area contributed by atoms with E-state index in [2.05, 4.69) is 15.6 Å². The quantitative estimate of drug-likeness (QED) is 0.476. The number of thioether (sulfide) groups is 1. The van der Waals surface area contributed by atoms with Gasteiger partial charge < -0.3 is 15.4 Å². The molecule has 2 amide bonds. The molecular weight excluding hydrogens is 422 g/mol. The fraction of sp³-hybridized carbons (Fsp3) is 0.240. The fourth-order valence-corrected chi connectivity index (χ4v) is 3.65. The number of ether oxygens (including phenoxy) is 1. The molecule has 1 heterocycles. The van der Waals surface area contributed by atoms with Crippen LogP contribution in [0.15, 0.2) is 73.1 Å². The summed E-state index contributed by atoms with van der Waals surface area (Å²) in [4.78, 5) is 28.4. The molecule has 0 saturated heterocycles. The third-order valence-corrected chi connectivity index (χ3v) is 5.59. The van der Waals surface area contributed by atoms with Crippen LogP contribution < -0.4 is 15.4 Å². The summed E-state index contributed by atoms with van der Waals surface area (Å²) < 4.78 is 5.76. The first-order valence-electron chi connectivity index (χ1n) is 10.3. The van der Waals surface area contributed by atoms with E-state index in [0.717, 1.165) is 28.1 Å². The Balaban J connectivity index is 1.37. The number of aryl methyl sites for hydroxylation is 1. The van der Waals surface area contributed by atoms with Gasteiger partial charge in [0.2, 0.25) is 11.8 Å². The molecule has 0 spiro atoms. The monoisotopic (exact) mass is 449 g/mol. The molecule has 1 atom stereocenters. The molecule has 7 heteroatoms. The van der Waals surface area contributed by atoms with Crippen LogP contribution >= 0.6 is 11.8 Å². The molecule has 2 aromatic carbocycles. The van der Waals surface area contributed by atoms with Gasteiger partial charge in [0.15, 0.2) is 0 Å². The lowest BCUT2D eigenvalue weighted by molar-refractivity contribution is -0.119. The largest absolute Gasteiger partial charge is 0.489 e. The van der Waals surface area contributed by atoms with Crippen LogP contribution in [-0.2, 0) is 16.2 Å². The number of pyridine rings is 1. The van der Waals surface area contributed by atoms with E-state index in [-0.39, 0.29) is 29.4 Å². The Morgan fingerprint density at radius 1 is 1.03 bits per heavy atom. The third-order valence-electron chi connectivity index (χ3n) is 4.65. The first-order valence-corrected chi connectivity index (χ1v) is 11.5. The minimum Gasteiger partial charge on any atom is -0.489 e. The molecule has 1 aromatic heterocycles. The number of amides is 2. The number of nitrogens with zero attached hydrogens (tertiary/aromatic N) is 1. The molecule has 0 aliphatic rings. The molecule has 6 nitrogen and oxygen atoms in total. The standard InChI is InChI=1S/C25H27N3O3S/c1-18-5-3-7-22(13-18)28-25(30)17-32-16-24(29)27-19(2)21-8-10-23(11-9-21)31-15-20-6-4-12-26-14-20/h3-14,19H,15-17H2,1-2H3,(H,27,29)(H,28,30). The van der Waals surface area contributed by atoms with Crippen LogP contribution in [0.25, 0.3) is 0 Å². The minimum absolute atomic E-state index is 0.109. The van der Waals surface area contributed by atoms with Crippen LogP contribution in [0.5, 0.6) is 5.75 Å². The van der Waals surface area contributed by atoms with Crippen molar-refractivity contribution in [1.29, 1.82) is 0 Å². The Labute approximate surface area is 192 Å². The zero-order valence-corrected chi connectivity index (χ0v) is 19.0. The Morgan fingerprint density at radius 2 is 1.81 bits per heavy atom. The van der Waals surface area contributed by atoms with E-state index in [1.54, 1.807) is 12.4 Å². The number of hydrogen-bond donors (Lipinski definition) is 2. The van der Waals surface area contributed by atoms with Crippen molar-refractivity contribution in [2.24, 2.45) is 0 Å². The van der Waals surface area contributed by atoms with Crippen LogP contribution in [0.1, 0.15) is 29.7 Å². The maximum Gasteiger partial charge on any atom is 0.234 e. The van der Waals surface area contributed by atoms with Crippen molar-refractivity contribution in [3.8, 4) is 5.75 Å². The van der Waals surface area contributed by atoms with Crippen molar-refractivity contribution >= 4 is 29.3 Å².